The van der Waals surface area contributed by atoms with E-state index in [1.807, 2.05) is 20.0 Å². The fourth-order valence-electron chi connectivity index (χ4n) is 2.06. The molecule has 0 aliphatic rings. The predicted molar refractivity (Wildman–Crippen MR) is 74.9 cm³/mol. The number of ether oxygens (including phenoxy) is 2. The molecule has 0 saturated carbocycles. The maximum Gasteiger partial charge on any atom is 0.387 e. The highest BCUT2D eigenvalue weighted by atomic mass is 19.3. The number of benzene rings is 1. The molecule has 0 radical (unpaired) electrons. The molecule has 0 spiro atoms. The van der Waals surface area contributed by atoms with E-state index in [-0.39, 0.29) is 11.8 Å². The van der Waals surface area contributed by atoms with Crippen molar-refractivity contribution in [3.63, 3.8) is 0 Å². The van der Waals surface area contributed by atoms with Crippen LogP contribution in [-0.2, 0) is 7.05 Å². The number of hydrogen-bond donors (Lipinski definition) is 1. The monoisotopic (exact) mass is 297 g/mol. The third-order valence-corrected chi connectivity index (χ3v) is 3.08. The number of nitrogens with zero attached hydrogens (tertiary/aromatic N) is 2. The molecular formula is C14H17F2N3O2. The number of rotatable bonds is 6. The lowest BCUT2D eigenvalue weighted by atomic mass is 10.2. The standard InChI is InChI=1S/C14H17F2N3O2/c1-9(12-6-7-17-19(12)2)18-11-8-10(20-3)4-5-13(11)21-14(15)16/h4-9,14,18H,1-3H3. The molecule has 5 nitrogen and oxygen atoms in total. The maximum absolute atomic E-state index is 12.5. The molecule has 1 atom stereocenters. The summed E-state index contributed by atoms with van der Waals surface area (Å²) < 4.78 is 36.3. The summed E-state index contributed by atoms with van der Waals surface area (Å²) in [5.41, 5.74) is 1.35. The molecule has 2 aromatic rings. The maximum atomic E-state index is 12.5. The summed E-state index contributed by atoms with van der Waals surface area (Å²) in [6.07, 6.45) is 1.68. The van der Waals surface area contributed by atoms with Crippen molar-refractivity contribution in [3.05, 3.63) is 36.2 Å². The summed E-state index contributed by atoms with van der Waals surface area (Å²) in [6, 6.07) is 6.35. The van der Waals surface area contributed by atoms with Crippen LogP contribution in [0.1, 0.15) is 18.7 Å². The highest BCUT2D eigenvalue weighted by Gasteiger charge is 2.15. The van der Waals surface area contributed by atoms with Gasteiger partial charge < -0.3 is 14.8 Å². The molecule has 2 rings (SSSR count). The molecule has 1 aromatic carbocycles. The lowest BCUT2D eigenvalue weighted by Crippen LogP contribution is -2.13. The van der Waals surface area contributed by atoms with Gasteiger partial charge in [-0.15, -0.1) is 0 Å². The fourth-order valence-corrected chi connectivity index (χ4v) is 2.06. The molecule has 0 aliphatic carbocycles. The number of halogens is 2. The average molecular weight is 297 g/mol. The Morgan fingerprint density at radius 3 is 2.62 bits per heavy atom. The van der Waals surface area contributed by atoms with Crippen molar-refractivity contribution in [2.75, 3.05) is 12.4 Å². The number of methoxy groups -OCH3 is 1. The van der Waals surface area contributed by atoms with E-state index in [0.717, 1.165) is 5.69 Å². The first-order valence-electron chi connectivity index (χ1n) is 6.38. The van der Waals surface area contributed by atoms with Crippen LogP contribution in [-0.4, -0.2) is 23.5 Å². The van der Waals surface area contributed by atoms with Gasteiger partial charge in [0.1, 0.15) is 11.5 Å². The Morgan fingerprint density at radius 1 is 1.29 bits per heavy atom. The predicted octanol–water partition coefficient (Wildman–Crippen LogP) is 3.20. The van der Waals surface area contributed by atoms with Gasteiger partial charge in [0.05, 0.1) is 24.5 Å². The molecule has 1 unspecified atom stereocenters. The third kappa shape index (κ3) is 3.62. The van der Waals surface area contributed by atoms with Crippen molar-refractivity contribution in [2.24, 2.45) is 7.05 Å². The van der Waals surface area contributed by atoms with Crippen LogP contribution in [0.4, 0.5) is 14.5 Å². The van der Waals surface area contributed by atoms with Crippen molar-refractivity contribution in [1.29, 1.82) is 0 Å². The minimum atomic E-state index is -2.88. The van der Waals surface area contributed by atoms with Crippen LogP contribution in [0.25, 0.3) is 0 Å². The topological polar surface area (TPSA) is 48.3 Å². The van der Waals surface area contributed by atoms with Gasteiger partial charge in [0, 0.05) is 19.3 Å². The van der Waals surface area contributed by atoms with Crippen molar-refractivity contribution in [1.82, 2.24) is 9.78 Å². The van der Waals surface area contributed by atoms with E-state index in [0.29, 0.717) is 11.4 Å². The summed E-state index contributed by atoms with van der Waals surface area (Å²) in [5.74, 6) is 0.621. The van der Waals surface area contributed by atoms with Crippen LogP contribution in [0, 0.1) is 0 Å². The summed E-state index contributed by atoms with van der Waals surface area (Å²) in [6.45, 7) is -0.978. The molecule has 114 valence electrons. The Hall–Kier alpha value is -2.31. The van der Waals surface area contributed by atoms with Crippen molar-refractivity contribution in [2.45, 2.75) is 19.6 Å². The van der Waals surface area contributed by atoms with Crippen LogP contribution < -0.4 is 14.8 Å². The Morgan fingerprint density at radius 2 is 2.05 bits per heavy atom. The van der Waals surface area contributed by atoms with E-state index in [1.165, 1.54) is 13.2 Å². The highest BCUT2D eigenvalue weighted by Crippen LogP contribution is 2.33. The SMILES string of the molecule is COc1ccc(OC(F)F)c(NC(C)c2ccnn2C)c1. The highest BCUT2D eigenvalue weighted by molar-refractivity contribution is 5.60. The Kier molecular flexibility index (Phi) is 4.62. The van der Waals surface area contributed by atoms with Crippen molar-refractivity contribution < 1.29 is 18.3 Å². The number of hydrogen-bond acceptors (Lipinski definition) is 4. The Labute approximate surface area is 121 Å². The van der Waals surface area contributed by atoms with E-state index >= 15 is 0 Å². The Bertz CT molecular complexity index is 602. The zero-order valence-electron chi connectivity index (χ0n) is 12.0. The molecule has 0 aliphatic heterocycles. The average Bonchev–Trinajstić information content (AvgIpc) is 2.86. The normalized spacial score (nSPS) is 12.3. The minimum Gasteiger partial charge on any atom is -0.497 e. The first-order valence-corrected chi connectivity index (χ1v) is 6.38. The molecule has 0 saturated heterocycles. The minimum absolute atomic E-state index is 0.0693. The largest absolute Gasteiger partial charge is 0.497 e. The van der Waals surface area contributed by atoms with Gasteiger partial charge in [-0.25, -0.2) is 0 Å². The molecular weight excluding hydrogens is 280 g/mol. The van der Waals surface area contributed by atoms with Crippen LogP contribution >= 0.6 is 0 Å². The summed E-state index contributed by atoms with van der Waals surface area (Å²) in [4.78, 5) is 0. The number of nitrogens with one attached hydrogen (secondary N) is 1. The molecule has 0 bridgehead atoms. The van der Waals surface area contributed by atoms with Gasteiger partial charge in [-0.05, 0) is 25.1 Å². The second-order valence-electron chi connectivity index (χ2n) is 4.49. The smallest absolute Gasteiger partial charge is 0.387 e. The molecule has 7 heteroatoms. The van der Waals surface area contributed by atoms with E-state index in [9.17, 15) is 8.78 Å². The first kappa shape index (κ1) is 15.1. The van der Waals surface area contributed by atoms with Crippen LogP contribution in [0.15, 0.2) is 30.5 Å². The molecule has 1 N–H and O–H groups in total. The van der Waals surface area contributed by atoms with Crippen LogP contribution in [0.2, 0.25) is 0 Å². The summed E-state index contributed by atoms with van der Waals surface area (Å²) in [5, 5.41) is 7.22. The van der Waals surface area contributed by atoms with E-state index in [4.69, 9.17) is 4.74 Å². The van der Waals surface area contributed by atoms with E-state index in [2.05, 4.69) is 15.2 Å². The number of anilines is 1. The Balaban J connectivity index is 2.26. The third-order valence-electron chi connectivity index (χ3n) is 3.08. The second-order valence-corrected chi connectivity index (χ2v) is 4.49. The van der Waals surface area contributed by atoms with E-state index < -0.39 is 6.61 Å². The van der Waals surface area contributed by atoms with Gasteiger partial charge in [-0.2, -0.15) is 13.9 Å². The molecule has 0 fully saturated rings. The van der Waals surface area contributed by atoms with Crippen LogP contribution in [0.3, 0.4) is 0 Å². The molecule has 0 amide bonds. The lowest BCUT2D eigenvalue weighted by molar-refractivity contribution is -0.0494. The zero-order chi connectivity index (χ0) is 15.4. The first-order chi connectivity index (χ1) is 10.0. The van der Waals surface area contributed by atoms with Crippen LogP contribution in [0.5, 0.6) is 11.5 Å². The quantitative estimate of drug-likeness (QED) is 0.889. The fraction of sp³-hybridized carbons (Fsp3) is 0.357. The molecule has 1 heterocycles. The van der Waals surface area contributed by atoms with Gasteiger partial charge in [0.2, 0.25) is 0 Å². The lowest BCUT2D eigenvalue weighted by Gasteiger charge is -2.19. The van der Waals surface area contributed by atoms with Crippen molar-refractivity contribution in [3.8, 4) is 11.5 Å². The number of aromatic nitrogens is 2. The van der Waals surface area contributed by atoms with Gasteiger partial charge in [-0.3, -0.25) is 4.68 Å². The number of aryl methyl sites for hydroxylation is 1. The van der Waals surface area contributed by atoms with E-state index in [1.54, 1.807) is 23.0 Å². The summed E-state index contributed by atoms with van der Waals surface area (Å²) >= 11 is 0. The van der Waals surface area contributed by atoms with Gasteiger partial charge >= 0.3 is 6.61 Å². The van der Waals surface area contributed by atoms with Gasteiger partial charge in [0.15, 0.2) is 0 Å². The van der Waals surface area contributed by atoms with Gasteiger partial charge in [-0.1, -0.05) is 0 Å². The zero-order valence-corrected chi connectivity index (χ0v) is 12.0. The van der Waals surface area contributed by atoms with Crippen molar-refractivity contribution >= 4 is 5.69 Å². The van der Waals surface area contributed by atoms with Gasteiger partial charge in [0.25, 0.3) is 0 Å². The summed E-state index contributed by atoms with van der Waals surface area (Å²) in [7, 11) is 3.33. The molecule has 21 heavy (non-hydrogen) atoms. The second kappa shape index (κ2) is 6.43. The molecule has 1 aromatic heterocycles. The number of alkyl halides is 2.